The summed E-state index contributed by atoms with van der Waals surface area (Å²) in [4.78, 5) is 0. The molecule has 2 rings (SSSR count). The topological polar surface area (TPSA) is 44.5 Å². The molecule has 0 fully saturated rings. The van der Waals surface area contributed by atoms with E-state index >= 15 is 0 Å². The quantitative estimate of drug-likeness (QED) is 0.870. The fourth-order valence-corrected chi connectivity index (χ4v) is 1.83. The Labute approximate surface area is 113 Å². The van der Waals surface area contributed by atoms with Crippen molar-refractivity contribution in [1.82, 2.24) is 0 Å². The molecule has 0 unspecified atom stereocenters. The number of nitrogen functional groups attached to an aromatic ring is 1. The number of anilines is 1. The maximum Gasteiger partial charge on any atom is 0.573 e. The fraction of sp³-hybridized carbons (Fsp3) is 0.143. The first-order valence-corrected chi connectivity index (χ1v) is 5.69. The standard InChI is InChI=1S/C14H12F3NO2/c1-19-13-5-3-2-4-10(13)11-8-9(6-7-12(11)18)20-14(15,16)17/h2-8H,18H2,1H3. The molecule has 0 saturated heterocycles. The van der Waals surface area contributed by atoms with Crippen LogP contribution in [0.4, 0.5) is 18.9 Å². The van der Waals surface area contributed by atoms with Crippen LogP contribution in [0.3, 0.4) is 0 Å². The SMILES string of the molecule is COc1ccccc1-c1cc(OC(F)(F)F)ccc1N. The normalized spacial score (nSPS) is 11.2. The third-order valence-corrected chi connectivity index (χ3v) is 2.66. The van der Waals surface area contributed by atoms with Crippen molar-refractivity contribution < 1.29 is 22.6 Å². The Hall–Kier alpha value is -2.37. The van der Waals surface area contributed by atoms with Crippen LogP contribution in [0.5, 0.6) is 11.5 Å². The molecule has 0 saturated carbocycles. The summed E-state index contributed by atoms with van der Waals surface area (Å²) in [6.07, 6.45) is -4.74. The highest BCUT2D eigenvalue weighted by Gasteiger charge is 2.31. The second-order valence-corrected chi connectivity index (χ2v) is 4.00. The number of halogens is 3. The Balaban J connectivity index is 2.48. The first-order chi connectivity index (χ1) is 9.40. The van der Waals surface area contributed by atoms with E-state index in [-0.39, 0.29) is 5.75 Å². The molecule has 0 aliphatic carbocycles. The van der Waals surface area contributed by atoms with E-state index in [9.17, 15) is 13.2 Å². The predicted molar refractivity (Wildman–Crippen MR) is 69.5 cm³/mol. The summed E-state index contributed by atoms with van der Waals surface area (Å²) >= 11 is 0. The van der Waals surface area contributed by atoms with Gasteiger partial charge in [0.05, 0.1) is 7.11 Å². The Morgan fingerprint density at radius 2 is 1.70 bits per heavy atom. The second-order valence-electron chi connectivity index (χ2n) is 4.00. The number of methoxy groups -OCH3 is 1. The Morgan fingerprint density at radius 1 is 1.00 bits per heavy atom. The van der Waals surface area contributed by atoms with Crippen molar-refractivity contribution in [2.24, 2.45) is 0 Å². The van der Waals surface area contributed by atoms with Crippen LogP contribution < -0.4 is 15.2 Å². The predicted octanol–water partition coefficient (Wildman–Crippen LogP) is 3.84. The van der Waals surface area contributed by atoms with Crippen LogP contribution in [0.2, 0.25) is 0 Å². The van der Waals surface area contributed by atoms with E-state index in [2.05, 4.69) is 4.74 Å². The third-order valence-electron chi connectivity index (χ3n) is 2.66. The molecule has 2 aromatic rings. The van der Waals surface area contributed by atoms with Crippen molar-refractivity contribution in [3.63, 3.8) is 0 Å². The van der Waals surface area contributed by atoms with Gasteiger partial charge in [-0.25, -0.2) is 0 Å². The van der Waals surface area contributed by atoms with Gasteiger partial charge in [-0.05, 0) is 24.3 Å². The van der Waals surface area contributed by atoms with Crippen molar-refractivity contribution in [3.8, 4) is 22.6 Å². The zero-order chi connectivity index (χ0) is 14.8. The molecular formula is C14H12F3NO2. The summed E-state index contributed by atoms with van der Waals surface area (Å²) in [7, 11) is 1.48. The first kappa shape index (κ1) is 14.0. The van der Waals surface area contributed by atoms with E-state index in [1.807, 2.05) is 0 Å². The van der Waals surface area contributed by atoms with Crippen molar-refractivity contribution >= 4 is 5.69 Å². The molecule has 2 aromatic carbocycles. The van der Waals surface area contributed by atoms with Crippen molar-refractivity contribution in [2.75, 3.05) is 12.8 Å². The van der Waals surface area contributed by atoms with Gasteiger partial charge >= 0.3 is 6.36 Å². The van der Waals surface area contributed by atoms with Crippen molar-refractivity contribution in [2.45, 2.75) is 6.36 Å². The molecule has 0 amide bonds. The van der Waals surface area contributed by atoms with E-state index < -0.39 is 6.36 Å². The van der Waals surface area contributed by atoms with Crippen LogP contribution in [0.15, 0.2) is 42.5 Å². The molecule has 6 heteroatoms. The van der Waals surface area contributed by atoms with Crippen molar-refractivity contribution in [1.29, 1.82) is 0 Å². The van der Waals surface area contributed by atoms with E-state index in [1.165, 1.54) is 25.3 Å². The van der Waals surface area contributed by atoms with Gasteiger partial charge in [0.2, 0.25) is 0 Å². The fourth-order valence-electron chi connectivity index (χ4n) is 1.83. The van der Waals surface area contributed by atoms with Gasteiger partial charge in [0, 0.05) is 16.8 Å². The molecule has 0 aliphatic rings. The lowest BCUT2D eigenvalue weighted by Gasteiger charge is -2.14. The van der Waals surface area contributed by atoms with Crippen LogP contribution in [0, 0.1) is 0 Å². The summed E-state index contributed by atoms with van der Waals surface area (Å²) in [5.74, 6) is 0.191. The molecule has 0 radical (unpaired) electrons. The third kappa shape index (κ3) is 3.14. The van der Waals surface area contributed by atoms with Crippen LogP contribution in [0.1, 0.15) is 0 Å². The largest absolute Gasteiger partial charge is 0.573 e. The summed E-state index contributed by atoms with van der Waals surface area (Å²) < 4.78 is 45.8. The number of benzene rings is 2. The van der Waals surface area contributed by atoms with Gasteiger partial charge in [0.15, 0.2) is 0 Å². The highest BCUT2D eigenvalue weighted by molar-refractivity contribution is 5.81. The molecule has 0 bridgehead atoms. The van der Waals surface area contributed by atoms with Gasteiger partial charge in [0.25, 0.3) is 0 Å². The van der Waals surface area contributed by atoms with E-state index in [0.29, 0.717) is 22.6 Å². The summed E-state index contributed by atoms with van der Waals surface area (Å²) in [6.45, 7) is 0. The van der Waals surface area contributed by atoms with E-state index in [0.717, 1.165) is 0 Å². The molecule has 0 heterocycles. The van der Waals surface area contributed by atoms with Crippen molar-refractivity contribution in [3.05, 3.63) is 42.5 Å². The summed E-state index contributed by atoms with van der Waals surface area (Å²) in [6, 6.07) is 10.7. The number of nitrogens with two attached hydrogens (primary N) is 1. The highest BCUT2D eigenvalue weighted by Crippen LogP contribution is 2.36. The van der Waals surface area contributed by atoms with Crippen LogP contribution in [0.25, 0.3) is 11.1 Å². The number of hydrogen-bond donors (Lipinski definition) is 1. The number of hydrogen-bond acceptors (Lipinski definition) is 3. The molecule has 20 heavy (non-hydrogen) atoms. The van der Waals surface area contributed by atoms with Crippen LogP contribution >= 0.6 is 0 Å². The average Bonchev–Trinajstić information content (AvgIpc) is 2.39. The Morgan fingerprint density at radius 3 is 2.35 bits per heavy atom. The maximum atomic E-state index is 12.2. The zero-order valence-electron chi connectivity index (χ0n) is 10.6. The summed E-state index contributed by atoms with van der Waals surface area (Å²) in [5.41, 5.74) is 7.17. The minimum atomic E-state index is -4.74. The van der Waals surface area contributed by atoms with Crippen LogP contribution in [-0.2, 0) is 0 Å². The van der Waals surface area contributed by atoms with Gasteiger partial charge in [-0.3, -0.25) is 0 Å². The molecule has 0 spiro atoms. The van der Waals surface area contributed by atoms with Crippen LogP contribution in [-0.4, -0.2) is 13.5 Å². The monoisotopic (exact) mass is 283 g/mol. The lowest BCUT2D eigenvalue weighted by molar-refractivity contribution is -0.274. The second kappa shape index (κ2) is 5.32. The smallest absolute Gasteiger partial charge is 0.496 e. The maximum absolute atomic E-state index is 12.2. The molecule has 106 valence electrons. The Kier molecular flexibility index (Phi) is 3.74. The number of alkyl halides is 3. The minimum Gasteiger partial charge on any atom is -0.496 e. The summed E-state index contributed by atoms with van der Waals surface area (Å²) in [5, 5.41) is 0. The molecule has 2 N–H and O–H groups in total. The lowest BCUT2D eigenvalue weighted by Crippen LogP contribution is -2.17. The number of rotatable bonds is 3. The zero-order valence-corrected chi connectivity index (χ0v) is 10.6. The Bertz CT molecular complexity index is 612. The average molecular weight is 283 g/mol. The highest BCUT2D eigenvalue weighted by atomic mass is 19.4. The van der Waals surface area contributed by atoms with Gasteiger partial charge < -0.3 is 15.2 Å². The minimum absolute atomic E-state index is 0.326. The molecule has 3 nitrogen and oxygen atoms in total. The van der Waals surface area contributed by atoms with E-state index in [4.69, 9.17) is 10.5 Å². The number of para-hydroxylation sites is 1. The van der Waals surface area contributed by atoms with Gasteiger partial charge in [-0.15, -0.1) is 13.2 Å². The molecular weight excluding hydrogens is 271 g/mol. The van der Waals surface area contributed by atoms with E-state index in [1.54, 1.807) is 24.3 Å². The first-order valence-electron chi connectivity index (χ1n) is 5.69. The van der Waals surface area contributed by atoms with Gasteiger partial charge in [0.1, 0.15) is 11.5 Å². The molecule has 0 aromatic heterocycles. The van der Waals surface area contributed by atoms with Gasteiger partial charge in [-0.1, -0.05) is 18.2 Å². The molecule has 0 atom stereocenters. The van der Waals surface area contributed by atoms with Gasteiger partial charge in [-0.2, -0.15) is 0 Å². The molecule has 0 aliphatic heterocycles. The lowest BCUT2D eigenvalue weighted by atomic mass is 10.0. The number of ether oxygens (including phenoxy) is 2.